The van der Waals surface area contributed by atoms with Crippen molar-refractivity contribution in [2.45, 2.75) is 0 Å². The van der Waals surface area contributed by atoms with Crippen LogP contribution in [0.5, 0.6) is 0 Å². The second-order valence-corrected chi connectivity index (χ2v) is 3.51. The molecule has 0 fully saturated rings. The summed E-state index contributed by atoms with van der Waals surface area (Å²) in [6.45, 7) is 0. The number of nitroso groups, excluding NO2 is 1. The summed E-state index contributed by atoms with van der Waals surface area (Å²) in [5.74, 6) is 0. The highest BCUT2D eigenvalue weighted by Crippen LogP contribution is 2.28. The Hall–Kier alpha value is -1.29. The molecule has 0 radical (unpaired) electrons. The maximum absolute atomic E-state index is 10.5. The maximum Gasteiger partial charge on any atom is 0.135 e. The lowest BCUT2D eigenvalue weighted by Crippen LogP contribution is -1.78. The zero-order valence-corrected chi connectivity index (χ0v) is 8.15. The highest BCUT2D eigenvalue weighted by atomic mass is 79.9. The molecule has 1 aromatic heterocycles. The van der Waals surface area contributed by atoms with Crippen LogP contribution in [0.1, 0.15) is 0 Å². The standard InChI is InChI=1S/C9H5BrN2O/c10-7-4-6-2-1-3-11-9(6)8(5-7)12-13/h1-5H. The first kappa shape index (κ1) is 8.31. The van der Waals surface area contributed by atoms with E-state index in [2.05, 4.69) is 26.1 Å². The molecule has 2 rings (SSSR count). The van der Waals surface area contributed by atoms with E-state index in [0.29, 0.717) is 11.2 Å². The van der Waals surface area contributed by atoms with Crippen LogP contribution in [0.4, 0.5) is 5.69 Å². The van der Waals surface area contributed by atoms with Crippen molar-refractivity contribution in [3.8, 4) is 0 Å². The molecule has 2 aromatic rings. The van der Waals surface area contributed by atoms with Crippen molar-refractivity contribution in [3.63, 3.8) is 0 Å². The van der Waals surface area contributed by atoms with Gasteiger partial charge in [-0.05, 0) is 23.4 Å². The predicted octanol–water partition coefficient (Wildman–Crippen LogP) is 3.40. The molecule has 0 atom stereocenters. The third kappa shape index (κ3) is 1.45. The van der Waals surface area contributed by atoms with Crippen LogP contribution in [0.25, 0.3) is 10.9 Å². The van der Waals surface area contributed by atoms with Crippen LogP contribution in [-0.4, -0.2) is 4.98 Å². The zero-order valence-electron chi connectivity index (χ0n) is 6.57. The van der Waals surface area contributed by atoms with Gasteiger partial charge in [-0.15, -0.1) is 4.91 Å². The Labute approximate surface area is 82.9 Å². The Balaban J connectivity index is 2.89. The third-order valence-electron chi connectivity index (χ3n) is 1.75. The molecule has 3 nitrogen and oxygen atoms in total. The summed E-state index contributed by atoms with van der Waals surface area (Å²) in [5, 5.41) is 3.83. The van der Waals surface area contributed by atoms with Crippen molar-refractivity contribution < 1.29 is 0 Å². The monoisotopic (exact) mass is 236 g/mol. The number of hydrogen-bond donors (Lipinski definition) is 0. The molecular formula is C9H5BrN2O. The quantitative estimate of drug-likeness (QED) is 0.713. The maximum atomic E-state index is 10.5. The van der Waals surface area contributed by atoms with Crippen molar-refractivity contribution >= 4 is 32.5 Å². The van der Waals surface area contributed by atoms with Gasteiger partial charge in [0.2, 0.25) is 0 Å². The number of benzene rings is 1. The van der Waals surface area contributed by atoms with Crippen molar-refractivity contribution in [1.29, 1.82) is 0 Å². The number of fused-ring (bicyclic) bond motifs is 1. The van der Waals surface area contributed by atoms with Gasteiger partial charge in [-0.1, -0.05) is 22.0 Å². The second-order valence-electron chi connectivity index (χ2n) is 2.59. The van der Waals surface area contributed by atoms with Gasteiger partial charge in [0, 0.05) is 16.1 Å². The summed E-state index contributed by atoms with van der Waals surface area (Å²) >= 11 is 3.30. The lowest BCUT2D eigenvalue weighted by atomic mass is 10.2. The molecule has 0 amide bonds. The Kier molecular flexibility index (Phi) is 2.06. The summed E-state index contributed by atoms with van der Waals surface area (Å²) in [6.07, 6.45) is 1.64. The molecule has 0 unspecified atom stereocenters. The molecular weight excluding hydrogens is 232 g/mol. The number of pyridine rings is 1. The average Bonchev–Trinajstić information content (AvgIpc) is 2.16. The summed E-state index contributed by atoms with van der Waals surface area (Å²) in [5.41, 5.74) is 1.01. The van der Waals surface area contributed by atoms with Gasteiger partial charge in [0.1, 0.15) is 5.69 Å². The topological polar surface area (TPSA) is 42.3 Å². The fraction of sp³-hybridized carbons (Fsp3) is 0. The van der Waals surface area contributed by atoms with E-state index in [1.807, 2.05) is 18.2 Å². The molecule has 4 heteroatoms. The number of nitrogens with zero attached hydrogens (tertiary/aromatic N) is 2. The van der Waals surface area contributed by atoms with E-state index < -0.39 is 0 Å². The van der Waals surface area contributed by atoms with Gasteiger partial charge in [0.25, 0.3) is 0 Å². The minimum absolute atomic E-state index is 0.366. The first-order chi connectivity index (χ1) is 6.31. The second kappa shape index (κ2) is 3.22. The van der Waals surface area contributed by atoms with Crippen LogP contribution in [0.15, 0.2) is 40.1 Å². The molecule has 0 saturated carbocycles. The van der Waals surface area contributed by atoms with Gasteiger partial charge in [0.05, 0.1) is 5.52 Å². The van der Waals surface area contributed by atoms with Crippen LogP contribution in [0, 0.1) is 4.91 Å². The fourth-order valence-corrected chi connectivity index (χ4v) is 1.67. The molecule has 0 aliphatic heterocycles. The van der Waals surface area contributed by atoms with Crippen molar-refractivity contribution in [2.75, 3.05) is 0 Å². The molecule has 0 bridgehead atoms. The normalized spacial score (nSPS) is 10.2. The smallest absolute Gasteiger partial charge is 0.135 e. The van der Waals surface area contributed by atoms with Gasteiger partial charge in [-0.3, -0.25) is 4.98 Å². The molecule has 0 saturated heterocycles. The van der Waals surface area contributed by atoms with Gasteiger partial charge >= 0.3 is 0 Å². The minimum Gasteiger partial charge on any atom is -0.254 e. The van der Waals surface area contributed by atoms with Crippen molar-refractivity contribution in [2.24, 2.45) is 5.18 Å². The SMILES string of the molecule is O=Nc1cc(Br)cc2cccnc12. The van der Waals surface area contributed by atoms with E-state index in [9.17, 15) is 4.91 Å². The van der Waals surface area contributed by atoms with Gasteiger partial charge < -0.3 is 0 Å². The average molecular weight is 237 g/mol. The molecule has 0 aliphatic carbocycles. The van der Waals surface area contributed by atoms with E-state index in [0.717, 1.165) is 9.86 Å². The van der Waals surface area contributed by atoms with Crippen LogP contribution in [-0.2, 0) is 0 Å². The number of hydrogen-bond acceptors (Lipinski definition) is 3. The van der Waals surface area contributed by atoms with Gasteiger partial charge in [-0.2, -0.15) is 0 Å². The summed E-state index contributed by atoms with van der Waals surface area (Å²) in [7, 11) is 0. The fourth-order valence-electron chi connectivity index (χ4n) is 1.21. The van der Waals surface area contributed by atoms with Crippen LogP contribution < -0.4 is 0 Å². The highest BCUT2D eigenvalue weighted by Gasteiger charge is 2.03. The Morgan fingerprint density at radius 1 is 1.38 bits per heavy atom. The first-order valence-corrected chi connectivity index (χ1v) is 4.48. The zero-order chi connectivity index (χ0) is 9.26. The summed E-state index contributed by atoms with van der Waals surface area (Å²) < 4.78 is 0.836. The van der Waals surface area contributed by atoms with E-state index in [-0.39, 0.29) is 0 Å². The lowest BCUT2D eigenvalue weighted by molar-refractivity contribution is 1.38. The molecule has 13 heavy (non-hydrogen) atoms. The van der Waals surface area contributed by atoms with E-state index in [1.165, 1.54) is 0 Å². The van der Waals surface area contributed by atoms with E-state index >= 15 is 0 Å². The van der Waals surface area contributed by atoms with Crippen LogP contribution >= 0.6 is 15.9 Å². The van der Waals surface area contributed by atoms with Gasteiger partial charge in [0.15, 0.2) is 0 Å². The number of rotatable bonds is 1. The molecule has 1 heterocycles. The van der Waals surface area contributed by atoms with Crippen LogP contribution in [0.3, 0.4) is 0 Å². The Bertz CT molecular complexity index is 470. The van der Waals surface area contributed by atoms with E-state index in [1.54, 1.807) is 12.3 Å². The number of aromatic nitrogens is 1. The predicted molar refractivity (Wildman–Crippen MR) is 54.9 cm³/mol. The van der Waals surface area contributed by atoms with Crippen molar-refractivity contribution in [3.05, 3.63) is 39.8 Å². The first-order valence-electron chi connectivity index (χ1n) is 3.69. The molecule has 0 N–H and O–H groups in total. The molecule has 64 valence electrons. The van der Waals surface area contributed by atoms with Crippen molar-refractivity contribution in [1.82, 2.24) is 4.98 Å². The molecule has 1 aromatic carbocycles. The minimum atomic E-state index is 0.366. The van der Waals surface area contributed by atoms with Crippen LogP contribution in [0.2, 0.25) is 0 Å². The highest BCUT2D eigenvalue weighted by molar-refractivity contribution is 9.10. The summed E-state index contributed by atoms with van der Waals surface area (Å²) in [6, 6.07) is 7.27. The Morgan fingerprint density at radius 2 is 2.23 bits per heavy atom. The summed E-state index contributed by atoms with van der Waals surface area (Å²) in [4.78, 5) is 14.5. The lowest BCUT2D eigenvalue weighted by Gasteiger charge is -1.98. The number of halogens is 1. The van der Waals surface area contributed by atoms with E-state index in [4.69, 9.17) is 0 Å². The van der Waals surface area contributed by atoms with Gasteiger partial charge in [-0.25, -0.2) is 0 Å². The Morgan fingerprint density at radius 3 is 3.00 bits per heavy atom. The largest absolute Gasteiger partial charge is 0.254 e. The third-order valence-corrected chi connectivity index (χ3v) is 2.21. The molecule has 0 spiro atoms. The molecule has 0 aliphatic rings.